The van der Waals surface area contributed by atoms with E-state index in [0.29, 0.717) is 10.7 Å². The first kappa shape index (κ1) is 16.2. The number of nitrogens with zero attached hydrogens (tertiary/aromatic N) is 3. The third-order valence-corrected chi connectivity index (χ3v) is 4.57. The van der Waals surface area contributed by atoms with Crippen molar-refractivity contribution in [2.75, 3.05) is 12.4 Å². The molecule has 2 aromatic heterocycles. The number of hydrogen-bond donors (Lipinski definition) is 1. The van der Waals surface area contributed by atoms with E-state index in [-0.39, 0.29) is 5.91 Å². The first-order valence-electron chi connectivity index (χ1n) is 7.44. The standard InChI is InChI=1S/C17H18N4O2S/c1-10-9-15(19-17(22)16-11(2)18-12(3)24-16)21(20-10)13-5-7-14(23-4)8-6-13/h5-9H,1-4H3,(H,19,22). The number of ether oxygens (including phenoxy) is 1. The number of methoxy groups -OCH3 is 1. The highest BCUT2D eigenvalue weighted by molar-refractivity contribution is 7.13. The van der Waals surface area contributed by atoms with Gasteiger partial charge in [0.05, 0.1) is 29.2 Å². The van der Waals surface area contributed by atoms with Gasteiger partial charge in [0.25, 0.3) is 5.91 Å². The van der Waals surface area contributed by atoms with Crippen LogP contribution in [0, 0.1) is 20.8 Å². The van der Waals surface area contributed by atoms with E-state index in [2.05, 4.69) is 15.4 Å². The number of anilines is 1. The van der Waals surface area contributed by atoms with Crippen LogP contribution in [0.4, 0.5) is 5.82 Å². The summed E-state index contributed by atoms with van der Waals surface area (Å²) in [4.78, 5) is 17.5. The van der Waals surface area contributed by atoms with E-state index in [1.807, 2.05) is 51.1 Å². The minimum absolute atomic E-state index is 0.173. The molecule has 0 aliphatic rings. The Morgan fingerprint density at radius 2 is 1.92 bits per heavy atom. The SMILES string of the molecule is COc1ccc(-n2nc(C)cc2NC(=O)c2sc(C)nc2C)cc1. The second-order valence-electron chi connectivity index (χ2n) is 5.38. The Morgan fingerprint density at radius 3 is 2.50 bits per heavy atom. The summed E-state index contributed by atoms with van der Waals surface area (Å²) in [6.45, 7) is 5.61. The highest BCUT2D eigenvalue weighted by atomic mass is 32.1. The Morgan fingerprint density at radius 1 is 1.21 bits per heavy atom. The maximum absolute atomic E-state index is 12.5. The van der Waals surface area contributed by atoms with Crippen molar-refractivity contribution < 1.29 is 9.53 Å². The number of aromatic nitrogens is 3. The Balaban J connectivity index is 1.91. The third-order valence-electron chi connectivity index (χ3n) is 3.50. The summed E-state index contributed by atoms with van der Waals surface area (Å²) in [5.74, 6) is 1.21. The largest absolute Gasteiger partial charge is 0.497 e. The van der Waals surface area contributed by atoms with E-state index in [9.17, 15) is 4.79 Å². The van der Waals surface area contributed by atoms with Gasteiger partial charge >= 0.3 is 0 Å². The van der Waals surface area contributed by atoms with Crippen LogP contribution in [0.15, 0.2) is 30.3 Å². The summed E-state index contributed by atoms with van der Waals surface area (Å²) in [5.41, 5.74) is 2.40. The number of thiazole rings is 1. The fourth-order valence-electron chi connectivity index (χ4n) is 2.42. The molecule has 0 bridgehead atoms. The van der Waals surface area contributed by atoms with Gasteiger partial charge in [0, 0.05) is 6.07 Å². The van der Waals surface area contributed by atoms with Gasteiger partial charge < -0.3 is 10.1 Å². The molecule has 0 saturated carbocycles. The Kier molecular flexibility index (Phi) is 4.35. The minimum atomic E-state index is -0.173. The van der Waals surface area contributed by atoms with Gasteiger partial charge in [-0.1, -0.05) is 0 Å². The zero-order chi connectivity index (χ0) is 17.3. The van der Waals surface area contributed by atoms with Gasteiger partial charge in [-0.25, -0.2) is 9.67 Å². The van der Waals surface area contributed by atoms with Crippen LogP contribution in [0.3, 0.4) is 0 Å². The fourth-order valence-corrected chi connectivity index (χ4v) is 3.24. The van der Waals surface area contributed by atoms with E-state index in [1.165, 1.54) is 11.3 Å². The van der Waals surface area contributed by atoms with Crippen molar-refractivity contribution in [3.05, 3.63) is 51.6 Å². The number of aryl methyl sites for hydroxylation is 3. The lowest BCUT2D eigenvalue weighted by molar-refractivity contribution is 0.102. The normalized spacial score (nSPS) is 10.7. The molecule has 1 aromatic carbocycles. The molecule has 0 unspecified atom stereocenters. The average molecular weight is 342 g/mol. The van der Waals surface area contributed by atoms with Crippen LogP contribution in [-0.4, -0.2) is 27.8 Å². The Labute approximate surface area is 144 Å². The highest BCUT2D eigenvalue weighted by Gasteiger charge is 2.17. The summed E-state index contributed by atoms with van der Waals surface area (Å²) < 4.78 is 6.88. The zero-order valence-electron chi connectivity index (χ0n) is 14.0. The average Bonchev–Trinajstić information content (AvgIpc) is 3.09. The summed E-state index contributed by atoms with van der Waals surface area (Å²) in [6, 6.07) is 9.33. The molecule has 7 heteroatoms. The maximum Gasteiger partial charge on any atom is 0.268 e. The predicted molar refractivity (Wildman–Crippen MR) is 94.4 cm³/mol. The Hall–Kier alpha value is -2.67. The van der Waals surface area contributed by atoms with Crippen molar-refractivity contribution in [2.45, 2.75) is 20.8 Å². The van der Waals surface area contributed by atoms with E-state index < -0.39 is 0 Å². The quantitative estimate of drug-likeness (QED) is 0.788. The first-order chi connectivity index (χ1) is 11.5. The molecule has 3 rings (SSSR count). The number of benzene rings is 1. The maximum atomic E-state index is 12.5. The molecule has 2 heterocycles. The molecule has 3 aromatic rings. The van der Waals surface area contributed by atoms with Crippen LogP contribution in [0.1, 0.15) is 26.1 Å². The van der Waals surface area contributed by atoms with Crippen LogP contribution in [0.25, 0.3) is 5.69 Å². The zero-order valence-corrected chi connectivity index (χ0v) is 14.8. The molecular formula is C17H18N4O2S. The number of rotatable bonds is 4. The number of hydrogen-bond acceptors (Lipinski definition) is 5. The molecule has 1 N–H and O–H groups in total. The number of nitrogens with one attached hydrogen (secondary N) is 1. The van der Waals surface area contributed by atoms with Crippen molar-refractivity contribution in [2.24, 2.45) is 0 Å². The second kappa shape index (κ2) is 6.45. The van der Waals surface area contributed by atoms with Gasteiger partial charge in [-0.2, -0.15) is 5.10 Å². The van der Waals surface area contributed by atoms with Gasteiger partial charge in [0.15, 0.2) is 0 Å². The van der Waals surface area contributed by atoms with Gasteiger partial charge in [-0.15, -0.1) is 11.3 Å². The van der Waals surface area contributed by atoms with Crippen LogP contribution < -0.4 is 10.1 Å². The van der Waals surface area contributed by atoms with Crippen LogP contribution in [0.2, 0.25) is 0 Å². The summed E-state index contributed by atoms with van der Waals surface area (Å²) >= 11 is 1.39. The topological polar surface area (TPSA) is 69.0 Å². The van der Waals surface area contributed by atoms with E-state index in [1.54, 1.807) is 11.8 Å². The summed E-state index contributed by atoms with van der Waals surface area (Å²) in [6.07, 6.45) is 0. The lowest BCUT2D eigenvalue weighted by atomic mass is 10.3. The summed E-state index contributed by atoms with van der Waals surface area (Å²) in [5, 5.41) is 8.26. The van der Waals surface area contributed by atoms with Crippen molar-refractivity contribution in [1.29, 1.82) is 0 Å². The molecule has 6 nitrogen and oxygen atoms in total. The Bertz CT molecular complexity index is 881. The fraction of sp³-hybridized carbons (Fsp3) is 0.235. The van der Waals surface area contributed by atoms with Gasteiger partial charge in [0.2, 0.25) is 0 Å². The van der Waals surface area contributed by atoms with Crippen molar-refractivity contribution in [1.82, 2.24) is 14.8 Å². The lowest BCUT2D eigenvalue weighted by Gasteiger charge is -2.09. The van der Waals surface area contributed by atoms with E-state index >= 15 is 0 Å². The molecule has 0 aliphatic carbocycles. The molecule has 0 atom stereocenters. The summed E-state index contributed by atoms with van der Waals surface area (Å²) in [7, 11) is 1.62. The van der Waals surface area contributed by atoms with Crippen molar-refractivity contribution >= 4 is 23.1 Å². The number of carbonyl (C=O) groups excluding carboxylic acids is 1. The smallest absolute Gasteiger partial charge is 0.268 e. The predicted octanol–water partition coefficient (Wildman–Crippen LogP) is 3.51. The molecule has 0 fully saturated rings. The molecular weight excluding hydrogens is 324 g/mol. The first-order valence-corrected chi connectivity index (χ1v) is 8.26. The number of amides is 1. The van der Waals surface area contributed by atoms with Gasteiger partial charge in [-0.3, -0.25) is 4.79 Å². The lowest BCUT2D eigenvalue weighted by Crippen LogP contribution is -2.15. The molecule has 124 valence electrons. The van der Waals surface area contributed by atoms with Crippen LogP contribution in [0.5, 0.6) is 5.75 Å². The third kappa shape index (κ3) is 3.16. The highest BCUT2D eigenvalue weighted by Crippen LogP contribution is 2.22. The van der Waals surface area contributed by atoms with E-state index in [0.717, 1.165) is 27.8 Å². The monoisotopic (exact) mass is 342 g/mol. The number of carbonyl (C=O) groups is 1. The molecule has 24 heavy (non-hydrogen) atoms. The van der Waals surface area contributed by atoms with E-state index in [4.69, 9.17) is 4.74 Å². The molecule has 0 spiro atoms. The molecule has 0 saturated heterocycles. The van der Waals surface area contributed by atoms with Crippen molar-refractivity contribution in [3.8, 4) is 11.4 Å². The minimum Gasteiger partial charge on any atom is -0.497 e. The molecule has 0 radical (unpaired) electrons. The molecule has 0 aliphatic heterocycles. The second-order valence-corrected chi connectivity index (χ2v) is 6.59. The van der Waals surface area contributed by atoms with Gasteiger partial charge in [0.1, 0.15) is 16.4 Å². The molecule has 1 amide bonds. The van der Waals surface area contributed by atoms with Gasteiger partial charge in [-0.05, 0) is 45.0 Å². The van der Waals surface area contributed by atoms with Crippen LogP contribution >= 0.6 is 11.3 Å². The van der Waals surface area contributed by atoms with Crippen molar-refractivity contribution in [3.63, 3.8) is 0 Å². The van der Waals surface area contributed by atoms with Crippen LogP contribution in [-0.2, 0) is 0 Å².